The van der Waals surface area contributed by atoms with Crippen molar-refractivity contribution in [2.45, 2.75) is 13.5 Å². The summed E-state index contributed by atoms with van der Waals surface area (Å²) < 4.78 is 8.69. The second-order valence-electron chi connectivity index (χ2n) is 4.55. The lowest BCUT2D eigenvalue weighted by molar-refractivity contribution is 0.307. The third-order valence-corrected chi connectivity index (χ3v) is 4.67. The molecule has 6 heteroatoms. The molecule has 108 valence electrons. The molecule has 0 aliphatic heterocycles. The molecule has 21 heavy (non-hydrogen) atoms. The molecule has 2 heterocycles. The number of para-hydroxylation sites is 1. The summed E-state index contributed by atoms with van der Waals surface area (Å²) in [4.78, 5) is 4.54. The van der Waals surface area contributed by atoms with Crippen LogP contribution in [0, 0.1) is 6.92 Å². The maximum absolute atomic E-state index is 6.11. The Morgan fingerprint density at radius 1 is 1.19 bits per heavy atom. The summed E-state index contributed by atoms with van der Waals surface area (Å²) in [7, 11) is 0. The van der Waals surface area contributed by atoms with Gasteiger partial charge < -0.3 is 4.74 Å². The highest BCUT2D eigenvalue weighted by Gasteiger charge is 2.12. The first-order valence-corrected chi connectivity index (χ1v) is 7.81. The minimum absolute atomic E-state index is 0.344. The van der Waals surface area contributed by atoms with E-state index in [-0.39, 0.29) is 0 Å². The number of aryl methyl sites for hydroxylation is 1. The van der Waals surface area contributed by atoms with Gasteiger partial charge in [0.15, 0.2) is 5.75 Å². The van der Waals surface area contributed by atoms with E-state index in [1.807, 2.05) is 29.7 Å². The quantitative estimate of drug-likeness (QED) is 0.612. The van der Waals surface area contributed by atoms with Crippen molar-refractivity contribution in [2.75, 3.05) is 0 Å². The van der Waals surface area contributed by atoms with E-state index in [9.17, 15) is 0 Å². The van der Waals surface area contributed by atoms with Gasteiger partial charge in [-0.1, -0.05) is 35.3 Å². The number of ether oxygens (including phenoxy) is 1. The molecule has 0 saturated carbocycles. The number of nitrogens with zero attached hydrogens (tertiary/aromatic N) is 2. The number of rotatable bonds is 3. The van der Waals surface area contributed by atoms with Gasteiger partial charge in [-0.3, -0.25) is 4.40 Å². The Labute approximate surface area is 140 Å². The molecule has 3 aromatic rings. The highest BCUT2D eigenvalue weighted by Crippen LogP contribution is 2.33. The number of hydrogen-bond acceptors (Lipinski definition) is 2. The van der Waals surface area contributed by atoms with Crippen LogP contribution in [0.3, 0.4) is 0 Å². The third-order valence-electron chi connectivity index (χ3n) is 3.12. The number of aromatic nitrogens is 2. The second-order valence-corrected chi connectivity index (χ2v) is 6.12. The van der Waals surface area contributed by atoms with Crippen molar-refractivity contribution in [1.29, 1.82) is 0 Å². The van der Waals surface area contributed by atoms with Crippen molar-refractivity contribution in [1.82, 2.24) is 9.38 Å². The van der Waals surface area contributed by atoms with Crippen LogP contribution >= 0.6 is 39.1 Å². The van der Waals surface area contributed by atoms with Crippen LogP contribution in [0.15, 0.2) is 41.1 Å². The van der Waals surface area contributed by atoms with Gasteiger partial charge in [-0.25, -0.2) is 4.98 Å². The molecular formula is C15H11BrCl2N2O. The highest BCUT2D eigenvalue weighted by atomic mass is 79.9. The van der Waals surface area contributed by atoms with Crippen LogP contribution in [0.1, 0.15) is 11.3 Å². The van der Waals surface area contributed by atoms with Crippen molar-refractivity contribution >= 4 is 44.8 Å². The van der Waals surface area contributed by atoms with E-state index in [2.05, 4.69) is 20.9 Å². The van der Waals surface area contributed by atoms with Crippen LogP contribution in [0.5, 0.6) is 5.75 Å². The first-order valence-electron chi connectivity index (χ1n) is 6.27. The second kappa shape index (κ2) is 5.87. The van der Waals surface area contributed by atoms with E-state index in [4.69, 9.17) is 27.9 Å². The van der Waals surface area contributed by atoms with Gasteiger partial charge >= 0.3 is 0 Å². The molecular weight excluding hydrogens is 375 g/mol. The summed E-state index contributed by atoms with van der Waals surface area (Å²) in [6.07, 6.45) is 1.95. The first kappa shape index (κ1) is 14.7. The van der Waals surface area contributed by atoms with Crippen LogP contribution in [0.2, 0.25) is 10.0 Å². The Bertz CT molecular complexity index is 797. The van der Waals surface area contributed by atoms with Gasteiger partial charge in [-0.05, 0) is 41.1 Å². The van der Waals surface area contributed by atoms with Gasteiger partial charge in [-0.15, -0.1) is 0 Å². The highest BCUT2D eigenvalue weighted by molar-refractivity contribution is 9.10. The summed E-state index contributed by atoms with van der Waals surface area (Å²) in [5, 5.41) is 0.991. The van der Waals surface area contributed by atoms with Crippen LogP contribution in [0.4, 0.5) is 0 Å². The monoisotopic (exact) mass is 384 g/mol. The number of pyridine rings is 1. The van der Waals surface area contributed by atoms with E-state index < -0.39 is 0 Å². The lowest BCUT2D eigenvalue weighted by atomic mass is 10.3. The predicted molar refractivity (Wildman–Crippen MR) is 88.4 cm³/mol. The van der Waals surface area contributed by atoms with Crippen LogP contribution in [0.25, 0.3) is 5.65 Å². The number of halogens is 3. The molecule has 0 amide bonds. The van der Waals surface area contributed by atoms with Crippen LogP contribution in [-0.4, -0.2) is 9.38 Å². The maximum Gasteiger partial charge on any atom is 0.156 e. The Hall–Kier alpha value is -1.23. The SMILES string of the molecule is Cc1nc2c(COc3c(Cl)cccc3Cl)cccn2c1Br. The molecule has 3 nitrogen and oxygen atoms in total. The molecule has 0 fully saturated rings. The molecule has 0 spiro atoms. The molecule has 0 saturated heterocycles. The lowest BCUT2D eigenvalue weighted by Gasteiger charge is -2.10. The van der Waals surface area contributed by atoms with Crippen LogP contribution in [-0.2, 0) is 6.61 Å². The van der Waals surface area contributed by atoms with Crippen molar-refractivity contribution in [2.24, 2.45) is 0 Å². The average molecular weight is 386 g/mol. The fraction of sp³-hybridized carbons (Fsp3) is 0.133. The maximum atomic E-state index is 6.11. The van der Waals surface area contributed by atoms with Gasteiger partial charge in [0.25, 0.3) is 0 Å². The van der Waals surface area contributed by atoms with Crippen molar-refractivity contribution in [3.63, 3.8) is 0 Å². The lowest BCUT2D eigenvalue weighted by Crippen LogP contribution is -1.99. The molecule has 0 atom stereocenters. The van der Waals surface area contributed by atoms with Gasteiger partial charge in [-0.2, -0.15) is 0 Å². The third kappa shape index (κ3) is 2.76. The topological polar surface area (TPSA) is 26.5 Å². The summed E-state index contributed by atoms with van der Waals surface area (Å²) in [5.74, 6) is 0.491. The minimum Gasteiger partial charge on any atom is -0.486 e. The van der Waals surface area contributed by atoms with E-state index in [1.54, 1.807) is 18.2 Å². The molecule has 1 aromatic carbocycles. The molecule has 2 aromatic heterocycles. The Morgan fingerprint density at radius 3 is 2.62 bits per heavy atom. The zero-order valence-corrected chi connectivity index (χ0v) is 14.2. The molecule has 0 bridgehead atoms. The molecule has 0 unspecified atom stereocenters. The van der Waals surface area contributed by atoms with Gasteiger partial charge in [0.05, 0.1) is 15.7 Å². The standard InChI is InChI=1S/C15H11BrCl2N2O/c1-9-14(16)20-7-3-4-10(15(20)19-9)8-21-13-11(17)5-2-6-12(13)18/h2-7H,8H2,1H3. The Balaban J connectivity index is 1.94. The first-order chi connectivity index (χ1) is 10.1. The van der Waals surface area contributed by atoms with E-state index >= 15 is 0 Å². The fourth-order valence-corrected chi connectivity index (χ4v) is 2.97. The molecule has 0 aliphatic carbocycles. The molecule has 3 rings (SSSR count). The molecule has 0 N–H and O–H groups in total. The van der Waals surface area contributed by atoms with Crippen molar-refractivity contribution < 1.29 is 4.74 Å². The molecule has 0 aliphatic rings. The van der Waals surface area contributed by atoms with Gasteiger partial charge in [0.1, 0.15) is 16.9 Å². The van der Waals surface area contributed by atoms with E-state index in [1.165, 1.54) is 0 Å². The largest absolute Gasteiger partial charge is 0.486 e. The minimum atomic E-state index is 0.344. The van der Waals surface area contributed by atoms with Crippen LogP contribution < -0.4 is 4.74 Å². The van der Waals surface area contributed by atoms with Gasteiger partial charge in [0, 0.05) is 11.8 Å². The zero-order chi connectivity index (χ0) is 15.0. The Kier molecular flexibility index (Phi) is 4.11. The Morgan fingerprint density at radius 2 is 1.90 bits per heavy atom. The summed E-state index contributed by atoms with van der Waals surface area (Å²) >= 11 is 15.7. The van der Waals surface area contributed by atoms with E-state index in [0.717, 1.165) is 21.5 Å². The smallest absolute Gasteiger partial charge is 0.156 e. The van der Waals surface area contributed by atoms with Crippen molar-refractivity contribution in [3.8, 4) is 5.75 Å². The number of fused-ring (bicyclic) bond motifs is 1. The number of benzene rings is 1. The van der Waals surface area contributed by atoms with Crippen molar-refractivity contribution in [3.05, 3.63) is 62.4 Å². The summed E-state index contributed by atoms with van der Waals surface area (Å²) in [6, 6.07) is 9.21. The fourth-order valence-electron chi connectivity index (χ4n) is 2.09. The number of imidazole rings is 1. The van der Waals surface area contributed by atoms with Gasteiger partial charge in [0.2, 0.25) is 0 Å². The predicted octanol–water partition coefficient (Wildman–Crippen LogP) is 5.29. The van der Waals surface area contributed by atoms with E-state index in [0.29, 0.717) is 22.4 Å². The summed E-state index contributed by atoms with van der Waals surface area (Å²) in [5.41, 5.74) is 2.74. The normalized spacial score (nSPS) is 11.0. The molecule has 0 radical (unpaired) electrons. The number of hydrogen-bond donors (Lipinski definition) is 0. The summed E-state index contributed by atoms with van der Waals surface area (Å²) in [6.45, 7) is 2.29. The average Bonchev–Trinajstić information content (AvgIpc) is 2.75. The zero-order valence-electron chi connectivity index (χ0n) is 11.1.